The van der Waals surface area contributed by atoms with E-state index >= 15 is 0 Å². The number of hydrogen-bond donors (Lipinski definition) is 0. The molecule has 1 atom stereocenters. The third-order valence-electron chi connectivity index (χ3n) is 15.0. The molecule has 1 aliphatic carbocycles. The van der Waals surface area contributed by atoms with Gasteiger partial charge >= 0.3 is 0 Å². The molecule has 0 saturated carbocycles. The fourth-order valence-corrected chi connectivity index (χ4v) is 11.1. The first-order valence-electron chi connectivity index (χ1n) is 25.9. The minimum absolute atomic E-state index is 0.0169. The van der Waals surface area contributed by atoms with Crippen LogP contribution >= 0.6 is 0 Å². The molecule has 2 nitrogen and oxygen atoms in total. The first kappa shape index (κ1) is 46.7. The zero-order valence-corrected chi connectivity index (χ0v) is 43.5. The lowest BCUT2D eigenvalue weighted by atomic mass is 9.78. The Bertz CT molecular complexity index is 3670. The molecule has 9 aromatic carbocycles. The van der Waals surface area contributed by atoms with Gasteiger partial charge in [0.15, 0.2) is 0 Å². The molecule has 0 radical (unpaired) electrons. The SMILES string of the molecule is CC(C)(C)c1cc(-c2cccc3cccc(C4=CC=CCC4N(c4cc(C(C)(C)C)ccc4-c4ccccc4)c4ccccc4-c4cccc5c6ccccc6n(-c6ccccc6)c45)c23)cc(C(C)(C)C)c1. The molecule has 1 unspecified atom stereocenters. The lowest BCUT2D eigenvalue weighted by Gasteiger charge is -2.40. The van der Waals surface area contributed by atoms with Crippen molar-refractivity contribution in [2.75, 3.05) is 4.90 Å². The molecule has 0 bridgehead atoms. The van der Waals surface area contributed by atoms with Crippen LogP contribution in [0.5, 0.6) is 0 Å². The van der Waals surface area contributed by atoms with E-state index in [0.29, 0.717) is 0 Å². The summed E-state index contributed by atoms with van der Waals surface area (Å²) in [5, 5.41) is 5.01. The van der Waals surface area contributed by atoms with E-state index in [0.717, 1.165) is 17.8 Å². The van der Waals surface area contributed by atoms with Crippen molar-refractivity contribution in [1.82, 2.24) is 4.57 Å². The Balaban J connectivity index is 1.21. The Morgan fingerprint density at radius 1 is 0.431 bits per heavy atom. The van der Waals surface area contributed by atoms with Gasteiger partial charge in [0.1, 0.15) is 0 Å². The van der Waals surface area contributed by atoms with Crippen molar-refractivity contribution in [1.29, 1.82) is 0 Å². The van der Waals surface area contributed by atoms with Gasteiger partial charge in [0.25, 0.3) is 0 Å². The van der Waals surface area contributed by atoms with Crippen LogP contribution in [0.3, 0.4) is 0 Å². The standard InChI is InChI=1S/C70H66N2/c1-68(2,3)50-41-42-54(47-25-12-10-13-26-47)65(46-50)72(64-40-21-18-33-58(64)61-37-24-36-60-57-32-17-19-38-62(57)71(67(60)61)53-29-14-11-15-30-53)63-39-20-16-31-56(63)59-35-23-28-48-27-22-34-55(66(48)59)49-43-51(69(4,5)6)45-52(44-49)70(7,8)9/h10-38,40-46,63H,39H2,1-9H3. The van der Waals surface area contributed by atoms with Gasteiger partial charge in [0.2, 0.25) is 0 Å². The lowest BCUT2D eigenvalue weighted by molar-refractivity contribution is 0.569. The summed E-state index contributed by atoms with van der Waals surface area (Å²) in [5.74, 6) is 0. The van der Waals surface area contributed by atoms with Crippen LogP contribution in [0.4, 0.5) is 11.4 Å². The molecule has 1 aromatic heterocycles. The Kier molecular flexibility index (Phi) is 11.8. The number of anilines is 2. The molecule has 0 spiro atoms. The van der Waals surface area contributed by atoms with Crippen molar-refractivity contribution in [3.63, 3.8) is 0 Å². The average molecular weight is 935 g/mol. The number of fused-ring (bicyclic) bond motifs is 4. The predicted octanol–water partition coefficient (Wildman–Crippen LogP) is 19.4. The third kappa shape index (κ3) is 8.47. The summed E-state index contributed by atoms with van der Waals surface area (Å²) in [5.41, 5.74) is 19.6. The molecule has 72 heavy (non-hydrogen) atoms. The Labute approximate surface area is 427 Å². The monoisotopic (exact) mass is 935 g/mol. The summed E-state index contributed by atoms with van der Waals surface area (Å²) >= 11 is 0. The van der Waals surface area contributed by atoms with Crippen molar-refractivity contribution in [3.05, 3.63) is 241 Å². The van der Waals surface area contributed by atoms with Crippen LogP contribution in [0.25, 0.3) is 77.2 Å². The maximum absolute atomic E-state index is 2.72. The highest BCUT2D eigenvalue weighted by Crippen LogP contribution is 2.50. The summed E-state index contributed by atoms with van der Waals surface area (Å²) in [6, 6.07) is 75.2. The van der Waals surface area contributed by atoms with E-state index in [9.17, 15) is 0 Å². The lowest BCUT2D eigenvalue weighted by Crippen LogP contribution is -2.34. The highest BCUT2D eigenvalue weighted by molar-refractivity contribution is 6.15. The fourth-order valence-electron chi connectivity index (χ4n) is 11.1. The smallest absolute Gasteiger partial charge is 0.0632 e. The predicted molar refractivity (Wildman–Crippen MR) is 311 cm³/mol. The first-order chi connectivity index (χ1) is 34.6. The Morgan fingerprint density at radius 2 is 1.01 bits per heavy atom. The van der Waals surface area contributed by atoms with Crippen LogP contribution in [-0.4, -0.2) is 10.6 Å². The topological polar surface area (TPSA) is 8.17 Å². The summed E-state index contributed by atoms with van der Waals surface area (Å²) in [7, 11) is 0. The molecular weight excluding hydrogens is 869 g/mol. The van der Waals surface area contributed by atoms with E-state index in [-0.39, 0.29) is 22.3 Å². The van der Waals surface area contributed by atoms with Crippen LogP contribution in [0.15, 0.2) is 218 Å². The first-order valence-corrected chi connectivity index (χ1v) is 25.9. The van der Waals surface area contributed by atoms with Crippen LogP contribution in [0.1, 0.15) is 91.0 Å². The van der Waals surface area contributed by atoms with Crippen molar-refractivity contribution in [3.8, 4) is 39.1 Å². The molecule has 0 N–H and O–H groups in total. The Morgan fingerprint density at radius 3 is 1.72 bits per heavy atom. The van der Waals surface area contributed by atoms with E-state index in [1.54, 1.807) is 0 Å². The maximum Gasteiger partial charge on any atom is 0.0632 e. The van der Waals surface area contributed by atoms with Gasteiger partial charge in [0, 0.05) is 44.5 Å². The summed E-state index contributed by atoms with van der Waals surface area (Å²) in [6.07, 6.45) is 7.89. The van der Waals surface area contributed by atoms with Crippen LogP contribution < -0.4 is 4.90 Å². The molecule has 2 heteroatoms. The quantitative estimate of drug-likeness (QED) is 0.147. The van der Waals surface area contributed by atoms with Crippen molar-refractivity contribution in [2.45, 2.75) is 91.0 Å². The maximum atomic E-state index is 2.72. The number of aromatic nitrogens is 1. The van der Waals surface area contributed by atoms with Crippen LogP contribution in [0.2, 0.25) is 0 Å². The zero-order chi connectivity index (χ0) is 49.9. The van der Waals surface area contributed by atoms with Crippen molar-refractivity contribution >= 4 is 49.5 Å². The molecule has 1 aliphatic rings. The molecule has 11 rings (SSSR count). The van der Waals surface area contributed by atoms with Gasteiger partial charge in [-0.2, -0.15) is 0 Å². The molecule has 0 fully saturated rings. The molecule has 356 valence electrons. The van der Waals surface area contributed by atoms with E-state index in [2.05, 4.69) is 290 Å². The fraction of sp³-hybridized carbons (Fsp3) is 0.200. The molecule has 0 saturated heterocycles. The number of para-hydroxylation sites is 4. The second-order valence-corrected chi connectivity index (χ2v) is 22.9. The number of allylic oxidation sites excluding steroid dienone is 2. The zero-order valence-electron chi connectivity index (χ0n) is 43.5. The highest BCUT2D eigenvalue weighted by atomic mass is 15.2. The molecular formula is C70H66N2. The summed E-state index contributed by atoms with van der Waals surface area (Å²) in [6.45, 7) is 21.0. The van der Waals surface area contributed by atoms with Crippen LogP contribution in [0, 0.1) is 0 Å². The van der Waals surface area contributed by atoms with Crippen LogP contribution in [-0.2, 0) is 16.2 Å². The second-order valence-electron chi connectivity index (χ2n) is 22.9. The molecule has 1 heterocycles. The minimum Gasteiger partial charge on any atom is -0.332 e. The summed E-state index contributed by atoms with van der Waals surface area (Å²) in [4.78, 5) is 2.72. The number of rotatable bonds is 8. The van der Waals surface area contributed by atoms with Gasteiger partial charge in [0.05, 0.1) is 17.1 Å². The van der Waals surface area contributed by atoms with Gasteiger partial charge in [-0.15, -0.1) is 0 Å². The average Bonchev–Trinajstić information content (AvgIpc) is 3.73. The second kappa shape index (κ2) is 18.2. The molecule has 10 aromatic rings. The summed E-state index contributed by atoms with van der Waals surface area (Å²) < 4.78 is 2.47. The van der Waals surface area contributed by atoms with Crippen molar-refractivity contribution in [2.24, 2.45) is 0 Å². The number of hydrogen-bond acceptors (Lipinski definition) is 1. The van der Waals surface area contributed by atoms with Gasteiger partial charge in [-0.3, -0.25) is 0 Å². The van der Waals surface area contributed by atoms with Gasteiger partial charge in [-0.25, -0.2) is 0 Å². The normalized spacial score (nSPS) is 14.3. The van der Waals surface area contributed by atoms with Gasteiger partial charge in [-0.1, -0.05) is 250 Å². The number of benzene rings is 9. The largest absolute Gasteiger partial charge is 0.332 e. The van der Waals surface area contributed by atoms with E-state index in [4.69, 9.17) is 0 Å². The molecule has 0 aliphatic heterocycles. The number of nitrogens with zero attached hydrogens (tertiary/aromatic N) is 2. The van der Waals surface area contributed by atoms with Gasteiger partial charge < -0.3 is 9.47 Å². The van der Waals surface area contributed by atoms with E-state index in [1.807, 2.05) is 0 Å². The molecule has 0 amide bonds. The highest BCUT2D eigenvalue weighted by Gasteiger charge is 2.33. The minimum atomic E-state index is -0.0967. The Hall–Kier alpha value is -7.68. The van der Waals surface area contributed by atoms with E-state index in [1.165, 1.54) is 99.5 Å². The van der Waals surface area contributed by atoms with E-state index < -0.39 is 0 Å². The third-order valence-corrected chi connectivity index (χ3v) is 15.0. The van der Waals surface area contributed by atoms with Crippen molar-refractivity contribution < 1.29 is 0 Å². The van der Waals surface area contributed by atoms with Gasteiger partial charge in [-0.05, 0) is 108 Å².